The van der Waals surface area contributed by atoms with Gasteiger partial charge in [-0.15, -0.1) is 11.3 Å². The number of anilines is 3. The number of benzene rings is 1. The van der Waals surface area contributed by atoms with Gasteiger partial charge in [-0.2, -0.15) is 0 Å². The van der Waals surface area contributed by atoms with Crippen LogP contribution in [-0.4, -0.2) is 19.1 Å². The van der Waals surface area contributed by atoms with Crippen LogP contribution in [0.5, 0.6) is 0 Å². The second-order valence-corrected chi connectivity index (χ2v) is 6.10. The van der Waals surface area contributed by atoms with E-state index >= 15 is 0 Å². The van der Waals surface area contributed by atoms with Crippen LogP contribution in [0.25, 0.3) is 0 Å². The smallest absolute Gasteiger partial charge is 0.324 e. The number of carbonyl (C=O) groups is 1. The molecule has 5 heteroatoms. The molecule has 1 aromatic heterocycles. The van der Waals surface area contributed by atoms with Gasteiger partial charge in [0, 0.05) is 24.5 Å². The third-order valence-electron chi connectivity index (χ3n) is 3.60. The van der Waals surface area contributed by atoms with Gasteiger partial charge in [-0.1, -0.05) is 0 Å². The van der Waals surface area contributed by atoms with Gasteiger partial charge in [0.1, 0.15) is 0 Å². The third-order valence-corrected chi connectivity index (χ3v) is 4.39. The second kappa shape index (κ2) is 6.63. The van der Waals surface area contributed by atoms with Crippen LogP contribution < -0.4 is 15.5 Å². The number of piperidine rings is 1. The van der Waals surface area contributed by atoms with Crippen LogP contribution in [0.2, 0.25) is 0 Å². The molecule has 2 heterocycles. The first kappa shape index (κ1) is 13.9. The molecule has 2 amide bonds. The molecule has 1 fully saturated rings. The molecule has 0 saturated carbocycles. The Labute approximate surface area is 128 Å². The molecular formula is C16H19N3OS. The number of carbonyl (C=O) groups excluding carboxylic acids is 1. The summed E-state index contributed by atoms with van der Waals surface area (Å²) < 4.78 is 0. The lowest BCUT2D eigenvalue weighted by Crippen LogP contribution is -2.29. The Morgan fingerprint density at radius 2 is 1.76 bits per heavy atom. The number of urea groups is 1. The molecule has 1 aliphatic heterocycles. The number of amides is 2. The van der Waals surface area contributed by atoms with Gasteiger partial charge in [-0.05, 0) is 61.0 Å². The van der Waals surface area contributed by atoms with E-state index in [1.165, 1.54) is 36.3 Å². The predicted molar refractivity (Wildman–Crippen MR) is 89.5 cm³/mol. The molecule has 0 unspecified atom stereocenters. The van der Waals surface area contributed by atoms with Crippen molar-refractivity contribution in [3.63, 3.8) is 0 Å². The van der Waals surface area contributed by atoms with E-state index in [9.17, 15) is 4.79 Å². The zero-order valence-corrected chi connectivity index (χ0v) is 12.7. The van der Waals surface area contributed by atoms with E-state index in [2.05, 4.69) is 27.7 Å². The molecule has 3 rings (SSSR count). The van der Waals surface area contributed by atoms with Crippen molar-refractivity contribution < 1.29 is 4.79 Å². The molecule has 2 N–H and O–H groups in total. The first-order valence-electron chi connectivity index (χ1n) is 7.28. The molecule has 0 spiro atoms. The number of nitrogens with zero attached hydrogens (tertiary/aromatic N) is 1. The molecule has 0 radical (unpaired) electrons. The molecule has 0 bridgehead atoms. The lowest BCUT2D eigenvalue weighted by atomic mass is 10.1. The van der Waals surface area contributed by atoms with Crippen LogP contribution in [0, 0.1) is 0 Å². The van der Waals surface area contributed by atoms with Gasteiger partial charge in [0.05, 0.1) is 5.00 Å². The first-order valence-corrected chi connectivity index (χ1v) is 8.16. The van der Waals surface area contributed by atoms with Gasteiger partial charge in [0.15, 0.2) is 0 Å². The molecule has 1 aliphatic rings. The van der Waals surface area contributed by atoms with Gasteiger partial charge < -0.3 is 10.2 Å². The summed E-state index contributed by atoms with van der Waals surface area (Å²) in [7, 11) is 0. The van der Waals surface area contributed by atoms with Crippen molar-refractivity contribution in [3.05, 3.63) is 41.8 Å². The zero-order valence-electron chi connectivity index (χ0n) is 11.8. The molecule has 0 aliphatic carbocycles. The minimum Gasteiger partial charge on any atom is -0.372 e. The van der Waals surface area contributed by atoms with E-state index in [1.54, 1.807) is 0 Å². The number of hydrogen-bond donors (Lipinski definition) is 2. The van der Waals surface area contributed by atoms with E-state index in [0.717, 1.165) is 23.8 Å². The van der Waals surface area contributed by atoms with Crippen molar-refractivity contribution in [2.45, 2.75) is 19.3 Å². The first-order chi connectivity index (χ1) is 10.3. The van der Waals surface area contributed by atoms with Gasteiger partial charge >= 0.3 is 6.03 Å². The monoisotopic (exact) mass is 301 g/mol. The maximum atomic E-state index is 11.8. The molecule has 1 saturated heterocycles. The molecule has 21 heavy (non-hydrogen) atoms. The quantitative estimate of drug-likeness (QED) is 0.883. The molecular weight excluding hydrogens is 282 g/mol. The maximum absolute atomic E-state index is 11.8. The third kappa shape index (κ3) is 3.76. The minimum atomic E-state index is -0.205. The normalized spacial score (nSPS) is 14.8. The van der Waals surface area contributed by atoms with Crippen molar-refractivity contribution >= 4 is 33.7 Å². The van der Waals surface area contributed by atoms with Crippen LogP contribution in [0.1, 0.15) is 19.3 Å². The van der Waals surface area contributed by atoms with Gasteiger partial charge in [-0.3, -0.25) is 5.32 Å². The highest BCUT2D eigenvalue weighted by Gasteiger charge is 2.10. The summed E-state index contributed by atoms with van der Waals surface area (Å²) in [5.41, 5.74) is 2.05. The highest BCUT2D eigenvalue weighted by Crippen LogP contribution is 2.22. The van der Waals surface area contributed by atoms with Crippen LogP contribution in [0.3, 0.4) is 0 Å². The van der Waals surface area contributed by atoms with Crippen molar-refractivity contribution in [2.24, 2.45) is 0 Å². The van der Waals surface area contributed by atoms with E-state index in [1.807, 2.05) is 29.6 Å². The van der Waals surface area contributed by atoms with Gasteiger partial charge in [0.2, 0.25) is 0 Å². The summed E-state index contributed by atoms with van der Waals surface area (Å²) in [5.74, 6) is 0. The Hall–Kier alpha value is -2.01. The Morgan fingerprint density at radius 1 is 1.00 bits per heavy atom. The highest BCUT2D eigenvalue weighted by molar-refractivity contribution is 7.14. The molecule has 1 aromatic carbocycles. The predicted octanol–water partition coefficient (Wildman–Crippen LogP) is 4.38. The number of thiophene rings is 1. The van der Waals surface area contributed by atoms with Gasteiger partial charge in [-0.25, -0.2) is 4.79 Å². The lowest BCUT2D eigenvalue weighted by Gasteiger charge is -2.28. The van der Waals surface area contributed by atoms with Crippen molar-refractivity contribution in [2.75, 3.05) is 28.6 Å². The van der Waals surface area contributed by atoms with Crippen LogP contribution in [-0.2, 0) is 0 Å². The summed E-state index contributed by atoms with van der Waals surface area (Å²) in [4.78, 5) is 14.2. The standard InChI is InChI=1S/C16H19N3OS/c20-16(18-15-5-4-12-21-15)17-13-6-8-14(9-7-13)19-10-2-1-3-11-19/h4-9,12H,1-3,10-11H2,(H2,17,18,20). The highest BCUT2D eigenvalue weighted by atomic mass is 32.1. The maximum Gasteiger partial charge on any atom is 0.324 e. The molecule has 2 aromatic rings. The summed E-state index contributed by atoms with van der Waals surface area (Å²) in [6, 6.07) is 11.6. The van der Waals surface area contributed by atoms with E-state index in [4.69, 9.17) is 0 Å². The summed E-state index contributed by atoms with van der Waals surface area (Å²) in [5, 5.41) is 8.43. The summed E-state index contributed by atoms with van der Waals surface area (Å²) in [6.45, 7) is 2.26. The van der Waals surface area contributed by atoms with Crippen molar-refractivity contribution in [3.8, 4) is 0 Å². The number of hydrogen-bond acceptors (Lipinski definition) is 3. The van der Waals surface area contributed by atoms with E-state index in [-0.39, 0.29) is 6.03 Å². The van der Waals surface area contributed by atoms with Gasteiger partial charge in [0.25, 0.3) is 0 Å². The van der Waals surface area contributed by atoms with Crippen LogP contribution in [0.15, 0.2) is 41.8 Å². The number of nitrogens with one attached hydrogen (secondary N) is 2. The Bertz CT molecular complexity index is 574. The largest absolute Gasteiger partial charge is 0.372 e. The number of rotatable bonds is 3. The Balaban J connectivity index is 1.57. The second-order valence-electron chi connectivity index (χ2n) is 5.15. The zero-order chi connectivity index (χ0) is 14.5. The lowest BCUT2D eigenvalue weighted by molar-refractivity contribution is 0.262. The SMILES string of the molecule is O=C(Nc1ccc(N2CCCCC2)cc1)Nc1cccs1. The average Bonchev–Trinajstić information content (AvgIpc) is 3.02. The Kier molecular flexibility index (Phi) is 4.40. The average molecular weight is 301 g/mol. The fraction of sp³-hybridized carbons (Fsp3) is 0.312. The van der Waals surface area contributed by atoms with Crippen molar-refractivity contribution in [1.82, 2.24) is 0 Å². The molecule has 110 valence electrons. The van der Waals surface area contributed by atoms with Crippen LogP contribution >= 0.6 is 11.3 Å². The van der Waals surface area contributed by atoms with Crippen LogP contribution in [0.4, 0.5) is 21.2 Å². The summed E-state index contributed by atoms with van der Waals surface area (Å²) in [6.07, 6.45) is 3.87. The Morgan fingerprint density at radius 3 is 2.43 bits per heavy atom. The fourth-order valence-corrected chi connectivity index (χ4v) is 3.14. The molecule has 4 nitrogen and oxygen atoms in total. The van der Waals surface area contributed by atoms with Crippen molar-refractivity contribution in [1.29, 1.82) is 0 Å². The fourth-order valence-electron chi connectivity index (χ4n) is 2.53. The topological polar surface area (TPSA) is 44.4 Å². The van der Waals surface area contributed by atoms with E-state index in [0.29, 0.717) is 0 Å². The van der Waals surface area contributed by atoms with E-state index < -0.39 is 0 Å². The summed E-state index contributed by atoms with van der Waals surface area (Å²) >= 11 is 1.50. The minimum absolute atomic E-state index is 0.205. The molecule has 0 atom stereocenters.